The lowest BCUT2D eigenvalue weighted by atomic mass is 9.76. The summed E-state index contributed by atoms with van der Waals surface area (Å²) in [6.45, 7) is 4.66. The molecule has 134 valence electrons. The molecule has 3 rings (SSSR count). The van der Waals surface area contributed by atoms with Crippen molar-refractivity contribution in [3.05, 3.63) is 34.9 Å². The number of halogens is 2. The van der Waals surface area contributed by atoms with Crippen LogP contribution in [0.2, 0.25) is 0 Å². The molecule has 1 aromatic rings. The van der Waals surface area contributed by atoms with Crippen LogP contribution < -0.4 is 5.32 Å². The summed E-state index contributed by atoms with van der Waals surface area (Å²) >= 11 is 0. The average Bonchev–Trinajstić information content (AvgIpc) is 2.56. The van der Waals surface area contributed by atoms with Crippen molar-refractivity contribution in [1.29, 1.82) is 0 Å². The molecule has 1 aromatic carbocycles. The van der Waals surface area contributed by atoms with Crippen LogP contribution in [0.1, 0.15) is 62.0 Å². The van der Waals surface area contributed by atoms with Crippen molar-refractivity contribution >= 4 is 0 Å². The molecule has 0 amide bonds. The molecule has 2 nitrogen and oxygen atoms in total. The molecule has 0 atom stereocenters. The quantitative estimate of drug-likeness (QED) is 0.840. The fourth-order valence-electron chi connectivity index (χ4n) is 4.36. The lowest BCUT2D eigenvalue weighted by Crippen LogP contribution is -2.36. The van der Waals surface area contributed by atoms with Gasteiger partial charge in [0.15, 0.2) is 0 Å². The van der Waals surface area contributed by atoms with E-state index in [0.29, 0.717) is 6.04 Å². The Bertz CT molecular complexity index is 511. The molecule has 1 N–H and O–H groups in total. The first-order valence-electron chi connectivity index (χ1n) is 9.40. The number of nitrogens with one attached hydrogen (secondary N) is 1. The van der Waals surface area contributed by atoms with Crippen LogP contribution in [-0.4, -0.2) is 25.8 Å². The zero-order valence-corrected chi connectivity index (χ0v) is 14.6. The van der Waals surface area contributed by atoms with Gasteiger partial charge in [-0.1, -0.05) is 0 Å². The smallest absolute Gasteiger partial charge is 0.129 e. The minimum Gasteiger partial charge on any atom is -0.381 e. The van der Waals surface area contributed by atoms with Gasteiger partial charge in [0.2, 0.25) is 0 Å². The predicted molar refractivity (Wildman–Crippen MR) is 92.3 cm³/mol. The molecule has 1 aliphatic heterocycles. The van der Waals surface area contributed by atoms with Gasteiger partial charge in [0.05, 0.1) is 0 Å². The third kappa shape index (κ3) is 4.54. The third-order valence-corrected chi connectivity index (χ3v) is 5.76. The normalized spacial score (nSPS) is 25.8. The second kappa shape index (κ2) is 8.39. The van der Waals surface area contributed by atoms with Crippen LogP contribution in [0, 0.1) is 24.5 Å². The summed E-state index contributed by atoms with van der Waals surface area (Å²) in [6, 6.07) is 3.11. The van der Waals surface area contributed by atoms with Crippen molar-refractivity contribution in [2.75, 3.05) is 19.8 Å². The van der Waals surface area contributed by atoms with E-state index in [9.17, 15) is 8.78 Å². The van der Waals surface area contributed by atoms with Gasteiger partial charge in [0.1, 0.15) is 11.6 Å². The van der Waals surface area contributed by atoms with Crippen LogP contribution in [0.25, 0.3) is 0 Å². The lowest BCUT2D eigenvalue weighted by molar-refractivity contribution is 0.0775. The second-order valence-electron chi connectivity index (χ2n) is 7.47. The number of aryl methyl sites for hydroxylation is 1. The Morgan fingerprint density at radius 2 is 1.75 bits per heavy atom. The summed E-state index contributed by atoms with van der Waals surface area (Å²) in [5, 5.41) is 3.65. The first-order valence-corrected chi connectivity index (χ1v) is 9.40. The van der Waals surface area contributed by atoms with Crippen LogP contribution >= 0.6 is 0 Å². The minimum atomic E-state index is -0.471. The average molecular weight is 337 g/mol. The molecule has 1 aliphatic carbocycles. The molecule has 0 spiro atoms. The summed E-state index contributed by atoms with van der Waals surface area (Å²) in [5.41, 5.74) is 1.51. The fourth-order valence-corrected chi connectivity index (χ4v) is 4.36. The number of hydrogen-bond acceptors (Lipinski definition) is 2. The van der Waals surface area contributed by atoms with Crippen LogP contribution in [-0.2, 0) is 4.74 Å². The van der Waals surface area contributed by atoms with E-state index >= 15 is 0 Å². The van der Waals surface area contributed by atoms with Crippen LogP contribution in [0.15, 0.2) is 12.1 Å². The molecular formula is C20H29F2NO. The Balaban J connectivity index is 1.44. The van der Waals surface area contributed by atoms with E-state index in [1.807, 2.05) is 6.92 Å². The Hall–Kier alpha value is -1.00. The maximum atomic E-state index is 14.1. The van der Waals surface area contributed by atoms with E-state index in [1.54, 1.807) is 0 Å². The van der Waals surface area contributed by atoms with Gasteiger partial charge in [-0.2, -0.15) is 0 Å². The van der Waals surface area contributed by atoms with Crippen LogP contribution in [0.4, 0.5) is 8.78 Å². The van der Waals surface area contributed by atoms with Gasteiger partial charge in [-0.05, 0) is 87.4 Å². The summed E-state index contributed by atoms with van der Waals surface area (Å²) in [5.74, 6) is 0.154. The molecule has 24 heavy (non-hydrogen) atoms. The molecule has 4 heteroatoms. The third-order valence-electron chi connectivity index (χ3n) is 5.76. The van der Waals surface area contributed by atoms with Crippen LogP contribution in [0.5, 0.6) is 0 Å². The highest BCUT2D eigenvalue weighted by atomic mass is 19.1. The highest BCUT2D eigenvalue weighted by Gasteiger charge is 2.26. The van der Waals surface area contributed by atoms with Crippen molar-refractivity contribution in [3.63, 3.8) is 0 Å². The van der Waals surface area contributed by atoms with E-state index in [2.05, 4.69) is 5.32 Å². The second-order valence-corrected chi connectivity index (χ2v) is 7.47. The Kier molecular flexibility index (Phi) is 6.23. The van der Waals surface area contributed by atoms with Crippen molar-refractivity contribution in [3.8, 4) is 0 Å². The number of rotatable bonds is 5. The largest absolute Gasteiger partial charge is 0.381 e. The molecule has 2 aliphatic rings. The molecule has 2 fully saturated rings. The fraction of sp³-hybridized carbons (Fsp3) is 0.700. The zero-order chi connectivity index (χ0) is 16.9. The van der Waals surface area contributed by atoms with Gasteiger partial charge in [0, 0.05) is 25.3 Å². The Morgan fingerprint density at radius 3 is 2.42 bits per heavy atom. The van der Waals surface area contributed by atoms with E-state index in [-0.39, 0.29) is 11.7 Å². The monoisotopic (exact) mass is 337 g/mol. The molecule has 1 heterocycles. The Labute approximate surface area is 144 Å². The van der Waals surface area contributed by atoms with Gasteiger partial charge in [-0.15, -0.1) is 0 Å². The van der Waals surface area contributed by atoms with Crippen molar-refractivity contribution in [2.45, 2.75) is 63.8 Å². The standard InChI is InChI=1S/C20H29F2NO/c1-14-12-17(21)13-19(22)20(14)16-4-2-15(3-5-16)6-9-23-18-7-10-24-11-8-18/h12-13,15-16,18,23H,2-11H2,1H3/t15-,16-. The lowest BCUT2D eigenvalue weighted by Gasteiger charge is -2.31. The highest BCUT2D eigenvalue weighted by molar-refractivity contribution is 5.31. The van der Waals surface area contributed by atoms with Gasteiger partial charge in [0.25, 0.3) is 0 Å². The first kappa shape index (κ1) is 17.8. The minimum absolute atomic E-state index is 0.255. The zero-order valence-electron chi connectivity index (χ0n) is 14.6. The topological polar surface area (TPSA) is 21.3 Å². The van der Waals surface area contributed by atoms with Gasteiger partial charge in [-0.3, -0.25) is 0 Å². The molecule has 1 saturated carbocycles. The van der Waals surface area contributed by atoms with Crippen molar-refractivity contribution < 1.29 is 13.5 Å². The maximum Gasteiger partial charge on any atom is 0.129 e. The van der Waals surface area contributed by atoms with E-state index in [0.717, 1.165) is 81.4 Å². The summed E-state index contributed by atoms with van der Waals surface area (Å²) < 4.78 is 32.8. The molecule has 1 saturated heterocycles. The molecule has 0 radical (unpaired) electrons. The molecular weight excluding hydrogens is 308 g/mol. The Morgan fingerprint density at radius 1 is 1.04 bits per heavy atom. The predicted octanol–water partition coefficient (Wildman–Crippen LogP) is 4.71. The molecule has 0 unspecified atom stereocenters. The van der Waals surface area contributed by atoms with Gasteiger partial charge in [-0.25, -0.2) is 8.78 Å². The van der Waals surface area contributed by atoms with Crippen molar-refractivity contribution in [1.82, 2.24) is 5.32 Å². The van der Waals surface area contributed by atoms with Gasteiger partial charge >= 0.3 is 0 Å². The summed E-state index contributed by atoms with van der Waals surface area (Å²) in [7, 11) is 0. The summed E-state index contributed by atoms with van der Waals surface area (Å²) in [4.78, 5) is 0. The summed E-state index contributed by atoms with van der Waals surface area (Å²) in [6.07, 6.45) is 7.78. The highest BCUT2D eigenvalue weighted by Crippen LogP contribution is 2.39. The maximum absolute atomic E-state index is 14.1. The number of benzene rings is 1. The van der Waals surface area contributed by atoms with Crippen molar-refractivity contribution in [2.24, 2.45) is 5.92 Å². The molecule has 0 bridgehead atoms. The molecule has 0 aromatic heterocycles. The van der Waals surface area contributed by atoms with Crippen LogP contribution in [0.3, 0.4) is 0 Å². The van der Waals surface area contributed by atoms with E-state index in [1.165, 1.54) is 12.5 Å². The van der Waals surface area contributed by atoms with E-state index < -0.39 is 5.82 Å². The van der Waals surface area contributed by atoms with E-state index in [4.69, 9.17) is 4.74 Å². The first-order chi connectivity index (χ1) is 11.6. The number of hydrogen-bond donors (Lipinski definition) is 1. The SMILES string of the molecule is Cc1cc(F)cc(F)c1[C@H]1CC[C@H](CCNC2CCOCC2)CC1. The number of ether oxygens (including phenoxy) is 1. The van der Waals surface area contributed by atoms with Gasteiger partial charge < -0.3 is 10.1 Å².